The van der Waals surface area contributed by atoms with Crippen LogP contribution in [-0.4, -0.2) is 22.0 Å². The number of hydrogen-bond donors (Lipinski definition) is 2. The van der Waals surface area contributed by atoms with Gasteiger partial charge in [0, 0.05) is 6.42 Å². The van der Waals surface area contributed by atoms with E-state index < -0.39 is 11.4 Å². The van der Waals surface area contributed by atoms with Crippen molar-refractivity contribution in [3.8, 4) is 0 Å². The van der Waals surface area contributed by atoms with E-state index in [1.807, 2.05) is 0 Å². The molecule has 20 heavy (non-hydrogen) atoms. The summed E-state index contributed by atoms with van der Waals surface area (Å²) in [5.74, 6) is -1.13. The first-order valence-electron chi connectivity index (χ1n) is 6.67. The quantitative estimate of drug-likeness (QED) is 0.824. The number of pyridine rings is 1. The monoisotopic (exact) mass is 340 g/mol. The van der Waals surface area contributed by atoms with Gasteiger partial charge in [0.15, 0.2) is 0 Å². The molecule has 1 aromatic rings. The predicted octanol–water partition coefficient (Wildman–Crippen LogP) is 3.21. The lowest BCUT2D eigenvalue weighted by Gasteiger charge is -2.32. The molecule has 1 heterocycles. The summed E-state index contributed by atoms with van der Waals surface area (Å²) in [6, 6.07) is 3.45. The molecule has 1 aromatic heterocycles. The summed E-state index contributed by atoms with van der Waals surface area (Å²) in [6.45, 7) is 0. The van der Waals surface area contributed by atoms with Crippen LogP contribution in [0.4, 0.5) is 5.69 Å². The summed E-state index contributed by atoms with van der Waals surface area (Å²) in [4.78, 5) is 27.6. The second-order valence-electron chi connectivity index (χ2n) is 5.24. The summed E-state index contributed by atoms with van der Waals surface area (Å²) in [5.41, 5.74) is -0.319. The van der Waals surface area contributed by atoms with E-state index >= 15 is 0 Å². The maximum absolute atomic E-state index is 12.1. The average molecular weight is 341 g/mol. The van der Waals surface area contributed by atoms with Crippen LogP contribution in [0.1, 0.15) is 38.5 Å². The van der Waals surface area contributed by atoms with Gasteiger partial charge in [-0.05, 0) is 40.9 Å². The number of aromatic nitrogens is 1. The van der Waals surface area contributed by atoms with E-state index in [1.54, 1.807) is 12.1 Å². The van der Waals surface area contributed by atoms with Gasteiger partial charge in [-0.2, -0.15) is 0 Å². The molecule has 0 saturated heterocycles. The van der Waals surface area contributed by atoms with Crippen LogP contribution in [-0.2, 0) is 9.59 Å². The Morgan fingerprint density at radius 2 is 2.00 bits per heavy atom. The Labute approximate surface area is 125 Å². The molecule has 0 aromatic carbocycles. The molecule has 0 bridgehead atoms. The smallest absolute Gasteiger partial charge is 0.310 e. The number of hydrogen-bond acceptors (Lipinski definition) is 3. The number of amides is 1. The molecule has 0 spiro atoms. The molecule has 1 saturated carbocycles. The van der Waals surface area contributed by atoms with Gasteiger partial charge in [-0.15, -0.1) is 0 Å². The van der Waals surface area contributed by atoms with E-state index in [9.17, 15) is 14.7 Å². The van der Waals surface area contributed by atoms with Crippen molar-refractivity contribution >= 4 is 33.5 Å². The second-order valence-corrected chi connectivity index (χ2v) is 6.05. The molecule has 0 atom stereocenters. The van der Waals surface area contributed by atoms with Crippen LogP contribution in [0.2, 0.25) is 0 Å². The first-order valence-corrected chi connectivity index (χ1v) is 7.46. The standard InChI is InChI=1S/C14H17BrN2O3/c15-11-5-4-10(9-16-11)17-12(18)8-14(13(19)20)6-2-1-3-7-14/h4-5,9H,1-3,6-8H2,(H,17,18)(H,19,20). The number of carbonyl (C=O) groups is 2. The molecular formula is C14H17BrN2O3. The molecule has 2 N–H and O–H groups in total. The Balaban J connectivity index is 2.01. The normalized spacial score (nSPS) is 17.4. The Morgan fingerprint density at radius 3 is 2.55 bits per heavy atom. The molecule has 0 radical (unpaired) electrons. The topological polar surface area (TPSA) is 79.3 Å². The Bertz CT molecular complexity index is 496. The third-order valence-electron chi connectivity index (χ3n) is 3.77. The van der Waals surface area contributed by atoms with E-state index in [0.29, 0.717) is 23.1 Å². The molecule has 1 amide bonds. The molecule has 0 unspecified atom stereocenters. The number of carboxylic acid groups (broad SMARTS) is 1. The Kier molecular flexibility index (Phi) is 4.75. The van der Waals surface area contributed by atoms with Gasteiger partial charge >= 0.3 is 5.97 Å². The molecule has 0 aliphatic heterocycles. The van der Waals surface area contributed by atoms with Gasteiger partial charge in [-0.3, -0.25) is 9.59 Å². The van der Waals surface area contributed by atoms with Crippen LogP contribution in [0.15, 0.2) is 22.9 Å². The molecular weight excluding hydrogens is 324 g/mol. The van der Waals surface area contributed by atoms with Gasteiger partial charge in [-0.25, -0.2) is 4.98 Å². The van der Waals surface area contributed by atoms with Crippen molar-refractivity contribution in [1.29, 1.82) is 0 Å². The zero-order valence-electron chi connectivity index (χ0n) is 11.1. The highest BCUT2D eigenvalue weighted by Gasteiger charge is 2.41. The third-order valence-corrected chi connectivity index (χ3v) is 4.24. The second kappa shape index (κ2) is 6.35. The van der Waals surface area contributed by atoms with E-state index in [-0.39, 0.29) is 12.3 Å². The summed E-state index contributed by atoms with van der Waals surface area (Å²) in [5, 5.41) is 12.2. The zero-order valence-corrected chi connectivity index (χ0v) is 12.6. The van der Waals surface area contributed by atoms with Gasteiger partial charge < -0.3 is 10.4 Å². The number of rotatable bonds is 4. The average Bonchev–Trinajstić information content (AvgIpc) is 2.42. The van der Waals surface area contributed by atoms with Crippen molar-refractivity contribution in [3.05, 3.63) is 22.9 Å². The van der Waals surface area contributed by atoms with Crippen LogP contribution < -0.4 is 5.32 Å². The summed E-state index contributed by atoms with van der Waals surface area (Å²) in [7, 11) is 0. The van der Waals surface area contributed by atoms with Crippen molar-refractivity contribution in [2.24, 2.45) is 5.41 Å². The summed E-state index contributed by atoms with van der Waals surface area (Å²) < 4.78 is 0.685. The van der Waals surface area contributed by atoms with Gasteiger partial charge in [0.2, 0.25) is 5.91 Å². The number of aliphatic carboxylic acids is 1. The maximum Gasteiger partial charge on any atom is 0.310 e. The number of carbonyl (C=O) groups excluding carboxylic acids is 1. The van der Waals surface area contributed by atoms with E-state index in [0.717, 1.165) is 19.3 Å². The molecule has 1 aliphatic carbocycles. The highest BCUT2D eigenvalue weighted by atomic mass is 79.9. The minimum atomic E-state index is -0.898. The molecule has 1 aliphatic rings. The van der Waals surface area contributed by atoms with Gasteiger partial charge in [0.25, 0.3) is 0 Å². The van der Waals surface area contributed by atoms with Gasteiger partial charge in [-0.1, -0.05) is 19.3 Å². The number of carboxylic acids is 1. The third kappa shape index (κ3) is 3.56. The number of nitrogens with one attached hydrogen (secondary N) is 1. The first-order chi connectivity index (χ1) is 9.52. The molecule has 108 valence electrons. The van der Waals surface area contributed by atoms with Crippen LogP contribution in [0.25, 0.3) is 0 Å². The molecule has 2 rings (SSSR count). The van der Waals surface area contributed by atoms with Crippen molar-refractivity contribution < 1.29 is 14.7 Å². The summed E-state index contributed by atoms with van der Waals surface area (Å²) in [6.07, 6.45) is 5.52. The minimum Gasteiger partial charge on any atom is -0.481 e. The van der Waals surface area contributed by atoms with Gasteiger partial charge in [0.1, 0.15) is 4.60 Å². The van der Waals surface area contributed by atoms with E-state index in [4.69, 9.17) is 0 Å². The number of nitrogens with zero attached hydrogens (tertiary/aromatic N) is 1. The SMILES string of the molecule is O=C(CC1(C(=O)O)CCCCC1)Nc1ccc(Br)nc1. The van der Waals surface area contributed by atoms with Crippen LogP contribution in [0.3, 0.4) is 0 Å². The molecule has 5 nitrogen and oxygen atoms in total. The first kappa shape index (κ1) is 15.0. The van der Waals surface area contributed by atoms with Crippen molar-refractivity contribution in [2.75, 3.05) is 5.32 Å². The predicted molar refractivity (Wildman–Crippen MR) is 78.3 cm³/mol. The number of anilines is 1. The fraction of sp³-hybridized carbons (Fsp3) is 0.500. The molecule has 6 heteroatoms. The fourth-order valence-electron chi connectivity index (χ4n) is 2.66. The minimum absolute atomic E-state index is 0.0262. The van der Waals surface area contributed by atoms with Gasteiger partial charge in [0.05, 0.1) is 17.3 Å². The lowest BCUT2D eigenvalue weighted by Crippen LogP contribution is -2.37. The highest BCUT2D eigenvalue weighted by Crippen LogP contribution is 2.39. The van der Waals surface area contributed by atoms with Crippen LogP contribution in [0.5, 0.6) is 0 Å². The van der Waals surface area contributed by atoms with Crippen LogP contribution >= 0.6 is 15.9 Å². The lowest BCUT2D eigenvalue weighted by molar-refractivity contribution is -0.153. The maximum atomic E-state index is 12.1. The lowest BCUT2D eigenvalue weighted by atomic mass is 9.71. The summed E-state index contributed by atoms with van der Waals surface area (Å²) >= 11 is 3.22. The van der Waals surface area contributed by atoms with Crippen molar-refractivity contribution in [1.82, 2.24) is 4.98 Å². The van der Waals surface area contributed by atoms with Crippen molar-refractivity contribution in [3.63, 3.8) is 0 Å². The Morgan fingerprint density at radius 1 is 1.30 bits per heavy atom. The van der Waals surface area contributed by atoms with E-state index in [1.165, 1.54) is 6.20 Å². The highest BCUT2D eigenvalue weighted by molar-refractivity contribution is 9.10. The van der Waals surface area contributed by atoms with Crippen LogP contribution in [0, 0.1) is 5.41 Å². The Hall–Kier alpha value is -1.43. The largest absolute Gasteiger partial charge is 0.481 e. The zero-order chi connectivity index (χ0) is 14.6. The molecule has 1 fully saturated rings. The van der Waals surface area contributed by atoms with Crippen molar-refractivity contribution in [2.45, 2.75) is 38.5 Å². The number of halogens is 1. The van der Waals surface area contributed by atoms with E-state index in [2.05, 4.69) is 26.2 Å². The fourth-order valence-corrected chi connectivity index (χ4v) is 2.89.